The summed E-state index contributed by atoms with van der Waals surface area (Å²) in [6, 6.07) is 8.65. The molecule has 1 saturated heterocycles. The summed E-state index contributed by atoms with van der Waals surface area (Å²) < 4.78 is 0. The minimum Gasteiger partial charge on any atom is -0.355 e. The van der Waals surface area contributed by atoms with E-state index in [9.17, 15) is 0 Å². The number of benzene rings is 1. The van der Waals surface area contributed by atoms with Gasteiger partial charge in [0.05, 0.1) is 23.6 Å². The first-order valence-electron chi connectivity index (χ1n) is 11.0. The van der Waals surface area contributed by atoms with Gasteiger partial charge in [0.2, 0.25) is 0 Å². The van der Waals surface area contributed by atoms with Crippen molar-refractivity contribution in [2.75, 3.05) is 11.9 Å². The fraction of sp³-hybridized carbons (Fsp3) is 0.417. The Morgan fingerprint density at radius 2 is 1.66 bits per heavy atom. The molecule has 3 aromatic heterocycles. The van der Waals surface area contributed by atoms with Crippen LogP contribution in [-0.4, -0.2) is 54.8 Å². The third kappa shape index (κ3) is 3.75. The number of anilines is 1. The van der Waals surface area contributed by atoms with Crippen molar-refractivity contribution in [3.05, 3.63) is 42.9 Å². The number of aromatic nitrogens is 6. The summed E-state index contributed by atoms with van der Waals surface area (Å²) in [4.78, 5) is 2.27. The molecule has 0 atom stereocenters. The number of fused-ring (bicyclic) bond motifs is 1. The first-order chi connectivity index (χ1) is 15.2. The van der Waals surface area contributed by atoms with Gasteiger partial charge in [-0.3, -0.25) is 10.2 Å². The van der Waals surface area contributed by atoms with Crippen molar-refractivity contribution in [2.45, 2.75) is 57.7 Å². The van der Waals surface area contributed by atoms with E-state index in [2.05, 4.69) is 93.8 Å². The normalized spacial score (nSPS) is 18.2. The standard InChI is InChI=1S/C24H30N8/c1-23(2)10-16(11-24(3,4)31-23)32(5)21-9-8-20(28-29-21)18-7-6-17(15-12-25-26-13-15)19-14-27-30-22(18)19/h6-9,12-14,16,31H,10-11H2,1-5H3,(H,25,26)(H,27,30). The fourth-order valence-corrected chi connectivity index (χ4v) is 5.29. The molecule has 1 fully saturated rings. The molecule has 4 aromatic rings. The molecule has 32 heavy (non-hydrogen) atoms. The average molecular weight is 431 g/mol. The molecule has 0 spiro atoms. The first kappa shape index (κ1) is 20.6. The molecule has 0 aliphatic carbocycles. The molecule has 4 heterocycles. The molecule has 0 radical (unpaired) electrons. The maximum atomic E-state index is 4.60. The van der Waals surface area contributed by atoms with Crippen molar-refractivity contribution >= 4 is 16.7 Å². The van der Waals surface area contributed by atoms with Crippen LogP contribution < -0.4 is 10.2 Å². The van der Waals surface area contributed by atoms with E-state index in [1.807, 2.05) is 24.7 Å². The summed E-state index contributed by atoms with van der Waals surface area (Å²) in [5, 5.41) is 28.3. The SMILES string of the molecule is CN(c1ccc(-c2ccc(-c3cn[nH]c3)c3cn[nH]c23)nn1)C1CC(C)(C)NC(C)(C)C1. The Morgan fingerprint density at radius 1 is 0.906 bits per heavy atom. The number of H-pyrrole nitrogens is 2. The molecule has 1 aromatic carbocycles. The van der Waals surface area contributed by atoms with Crippen LogP contribution in [0.5, 0.6) is 0 Å². The number of nitrogens with zero attached hydrogens (tertiary/aromatic N) is 5. The Morgan fingerprint density at radius 3 is 2.31 bits per heavy atom. The Hall–Kier alpha value is -3.26. The Kier molecular flexibility index (Phi) is 4.78. The molecule has 0 unspecified atom stereocenters. The van der Waals surface area contributed by atoms with E-state index in [1.165, 1.54) is 0 Å². The van der Waals surface area contributed by atoms with Crippen molar-refractivity contribution in [3.63, 3.8) is 0 Å². The molecular formula is C24H30N8. The summed E-state index contributed by atoms with van der Waals surface area (Å²) in [7, 11) is 2.12. The molecule has 1 aliphatic rings. The second kappa shape index (κ2) is 7.41. The number of rotatable bonds is 4. The Balaban J connectivity index is 1.44. The van der Waals surface area contributed by atoms with Crippen molar-refractivity contribution < 1.29 is 0 Å². The van der Waals surface area contributed by atoms with Gasteiger partial charge < -0.3 is 10.2 Å². The van der Waals surface area contributed by atoms with Crippen molar-refractivity contribution in [3.8, 4) is 22.4 Å². The van der Waals surface area contributed by atoms with E-state index < -0.39 is 0 Å². The van der Waals surface area contributed by atoms with Crippen LogP contribution in [-0.2, 0) is 0 Å². The maximum absolute atomic E-state index is 4.60. The van der Waals surface area contributed by atoms with Gasteiger partial charge in [-0.25, -0.2) is 0 Å². The smallest absolute Gasteiger partial charge is 0.151 e. The molecule has 8 heteroatoms. The molecule has 1 aliphatic heterocycles. The van der Waals surface area contributed by atoms with Gasteiger partial charge in [0.15, 0.2) is 5.82 Å². The van der Waals surface area contributed by atoms with Gasteiger partial charge in [0.1, 0.15) is 0 Å². The fourth-order valence-electron chi connectivity index (χ4n) is 5.29. The van der Waals surface area contributed by atoms with Crippen molar-refractivity contribution in [1.29, 1.82) is 0 Å². The Bertz CT molecular complexity index is 1200. The minimum absolute atomic E-state index is 0.0804. The maximum Gasteiger partial charge on any atom is 0.151 e. The van der Waals surface area contributed by atoms with E-state index in [-0.39, 0.29) is 11.1 Å². The summed E-state index contributed by atoms with van der Waals surface area (Å²) in [6.45, 7) is 9.08. The highest BCUT2D eigenvalue weighted by atomic mass is 15.3. The first-order valence-corrected chi connectivity index (χ1v) is 11.0. The molecule has 0 saturated carbocycles. The van der Waals surface area contributed by atoms with Gasteiger partial charge in [-0.1, -0.05) is 6.07 Å². The summed E-state index contributed by atoms with van der Waals surface area (Å²) in [5.41, 5.74) is 5.01. The topological polar surface area (TPSA) is 98.4 Å². The zero-order valence-corrected chi connectivity index (χ0v) is 19.3. The molecule has 8 nitrogen and oxygen atoms in total. The lowest BCUT2D eigenvalue weighted by atomic mass is 9.79. The monoisotopic (exact) mass is 430 g/mol. The van der Waals surface area contributed by atoms with E-state index in [1.54, 1.807) is 0 Å². The number of piperidine rings is 1. The third-order valence-electron chi connectivity index (χ3n) is 6.43. The van der Waals surface area contributed by atoms with Crippen LogP contribution in [0.3, 0.4) is 0 Å². The molecular weight excluding hydrogens is 400 g/mol. The van der Waals surface area contributed by atoms with Crippen LogP contribution in [0, 0.1) is 0 Å². The zero-order valence-electron chi connectivity index (χ0n) is 19.3. The van der Waals surface area contributed by atoms with Crippen LogP contribution in [0.15, 0.2) is 42.9 Å². The van der Waals surface area contributed by atoms with Gasteiger partial charge in [0.25, 0.3) is 0 Å². The van der Waals surface area contributed by atoms with Gasteiger partial charge >= 0.3 is 0 Å². The highest BCUT2D eigenvalue weighted by Crippen LogP contribution is 2.35. The lowest BCUT2D eigenvalue weighted by Gasteiger charge is -2.49. The zero-order chi connectivity index (χ0) is 22.5. The molecule has 0 bridgehead atoms. The van der Waals surface area contributed by atoms with Gasteiger partial charge in [-0.05, 0) is 64.3 Å². The predicted octanol–water partition coefficient (Wildman–Crippen LogP) is 4.16. The van der Waals surface area contributed by atoms with Crippen LogP contribution in [0.4, 0.5) is 5.82 Å². The van der Waals surface area contributed by atoms with Crippen LogP contribution in [0.1, 0.15) is 40.5 Å². The summed E-state index contributed by atoms with van der Waals surface area (Å²) in [6.07, 6.45) is 7.66. The van der Waals surface area contributed by atoms with E-state index in [0.717, 1.165) is 51.9 Å². The molecule has 166 valence electrons. The summed E-state index contributed by atoms with van der Waals surface area (Å²) in [5.74, 6) is 0.892. The average Bonchev–Trinajstić information content (AvgIpc) is 3.43. The van der Waals surface area contributed by atoms with E-state index in [4.69, 9.17) is 0 Å². The predicted molar refractivity (Wildman–Crippen MR) is 127 cm³/mol. The van der Waals surface area contributed by atoms with Crippen molar-refractivity contribution in [2.24, 2.45) is 0 Å². The number of nitrogens with one attached hydrogen (secondary N) is 3. The quantitative estimate of drug-likeness (QED) is 0.450. The van der Waals surface area contributed by atoms with Crippen LogP contribution in [0.2, 0.25) is 0 Å². The molecule has 5 rings (SSSR count). The van der Waals surface area contributed by atoms with Crippen molar-refractivity contribution in [1.82, 2.24) is 35.9 Å². The largest absolute Gasteiger partial charge is 0.355 e. The second-order valence-corrected chi connectivity index (χ2v) is 10.1. The highest BCUT2D eigenvalue weighted by molar-refractivity contribution is 6.01. The highest BCUT2D eigenvalue weighted by Gasteiger charge is 2.39. The minimum atomic E-state index is 0.0804. The van der Waals surface area contributed by atoms with E-state index >= 15 is 0 Å². The number of hydrogen-bond donors (Lipinski definition) is 3. The number of hydrogen-bond acceptors (Lipinski definition) is 6. The van der Waals surface area contributed by atoms with E-state index in [0.29, 0.717) is 6.04 Å². The molecule has 0 amide bonds. The third-order valence-corrected chi connectivity index (χ3v) is 6.43. The molecule has 3 N–H and O–H groups in total. The second-order valence-electron chi connectivity index (χ2n) is 10.1. The lowest BCUT2D eigenvalue weighted by Crippen LogP contribution is -2.62. The van der Waals surface area contributed by atoms with Gasteiger partial charge in [0, 0.05) is 46.9 Å². The van der Waals surface area contributed by atoms with Crippen LogP contribution in [0.25, 0.3) is 33.3 Å². The lowest BCUT2D eigenvalue weighted by molar-refractivity contribution is 0.160. The van der Waals surface area contributed by atoms with Gasteiger partial charge in [-0.2, -0.15) is 10.2 Å². The van der Waals surface area contributed by atoms with Crippen LogP contribution >= 0.6 is 0 Å². The summed E-state index contributed by atoms with van der Waals surface area (Å²) >= 11 is 0. The van der Waals surface area contributed by atoms with Gasteiger partial charge in [-0.15, -0.1) is 10.2 Å². The number of aromatic amines is 2. The Labute approximate surface area is 187 Å².